The van der Waals surface area contributed by atoms with Crippen molar-refractivity contribution in [2.45, 2.75) is 11.3 Å². The largest absolute Gasteiger partial charge is 0.394 e. The molecule has 1 aromatic rings. The van der Waals surface area contributed by atoms with Crippen molar-refractivity contribution in [2.75, 3.05) is 26.4 Å². The first-order valence-electron chi connectivity index (χ1n) is 5.43. The third-order valence-electron chi connectivity index (χ3n) is 2.07. The van der Waals surface area contributed by atoms with E-state index in [4.69, 9.17) is 9.84 Å². The topological polar surface area (TPSA) is 108 Å². The highest BCUT2D eigenvalue weighted by Crippen LogP contribution is 1.99. The predicted molar refractivity (Wildman–Crippen MR) is 64.8 cm³/mol. The SMILES string of the molecule is O=c1cc[nH]cc1S(=O)(=O)NCCCOCCO. The van der Waals surface area contributed by atoms with Gasteiger partial charge in [-0.25, -0.2) is 13.1 Å². The van der Waals surface area contributed by atoms with E-state index >= 15 is 0 Å². The predicted octanol–water partition coefficient (Wildman–Crippen LogP) is -0.948. The fraction of sp³-hybridized carbons (Fsp3) is 0.500. The van der Waals surface area contributed by atoms with Crippen molar-refractivity contribution < 1.29 is 18.3 Å². The average Bonchev–Trinajstić information content (AvgIpc) is 2.34. The van der Waals surface area contributed by atoms with Crippen LogP contribution >= 0.6 is 0 Å². The van der Waals surface area contributed by atoms with Crippen LogP contribution in [0.3, 0.4) is 0 Å². The lowest BCUT2D eigenvalue weighted by molar-refractivity contribution is 0.0913. The van der Waals surface area contributed by atoms with Gasteiger partial charge in [0.05, 0.1) is 13.2 Å². The minimum Gasteiger partial charge on any atom is -0.394 e. The molecule has 8 heteroatoms. The van der Waals surface area contributed by atoms with Crippen LogP contribution in [0.2, 0.25) is 0 Å². The molecule has 102 valence electrons. The Balaban J connectivity index is 2.46. The molecule has 0 fully saturated rings. The van der Waals surface area contributed by atoms with Gasteiger partial charge in [-0.15, -0.1) is 0 Å². The van der Waals surface area contributed by atoms with Gasteiger partial charge >= 0.3 is 0 Å². The van der Waals surface area contributed by atoms with E-state index in [-0.39, 0.29) is 24.7 Å². The molecule has 0 unspecified atom stereocenters. The molecule has 3 N–H and O–H groups in total. The van der Waals surface area contributed by atoms with Crippen LogP contribution in [-0.2, 0) is 14.8 Å². The minimum absolute atomic E-state index is 0.0644. The summed E-state index contributed by atoms with van der Waals surface area (Å²) < 4.78 is 30.7. The second-order valence-electron chi connectivity index (χ2n) is 3.46. The number of hydrogen-bond donors (Lipinski definition) is 3. The molecule has 0 amide bonds. The summed E-state index contributed by atoms with van der Waals surface area (Å²) in [6.07, 6.45) is 2.97. The lowest BCUT2D eigenvalue weighted by Crippen LogP contribution is -2.29. The maximum absolute atomic E-state index is 11.7. The number of aliphatic hydroxyl groups excluding tert-OH is 1. The van der Waals surface area contributed by atoms with E-state index in [1.807, 2.05) is 0 Å². The van der Waals surface area contributed by atoms with Crippen molar-refractivity contribution in [1.82, 2.24) is 9.71 Å². The normalized spacial score (nSPS) is 11.6. The zero-order valence-corrected chi connectivity index (χ0v) is 10.6. The number of nitrogens with one attached hydrogen (secondary N) is 2. The quantitative estimate of drug-likeness (QED) is 0.531. The average molecular weight is 276 g/mol. The minimum atomic E-state index is -3.78. The van der Waals surface area contributed by atoms with Crippen LogP contribution in [0.15, 0.2) is 28.2 Å². The Morgan fingerprint density at radius 3 is 2.83 bits per heavy atom. The lowest BCUT2D eigenvalue weighted by atomic mass is 10.5. The maximum Gasteiger partial charge on any atom is 0.245 e. The van der Waals surface area contributed by atoms with Crippen LogP contribution in [0.5, 0.6) is 0 Å². The third kappa shape index (κ3) is 4.57. The standard InChI is InChI=1S/C10H16N2O5S/c13-5-7-17-6-1-3-12-18(15,16)10-8-11-4-2-9(10)14/h2,4,8,12-13H,1,3,5-7H2,(H,11,14). The molecular weight excluding hydrogens is 260 g/mol. The van der Waals surface area contributed by atoms with E-state index in [9.17, 15) is 13.2 Å². The number of aromatic amines is 1. The molecule has 1 aromatic heterocycles. The summed E-state index contributed by atoms with van der Waals surface area (Å²) in [5, 5.41) is 8.46. The second kappa shape index (κ2) is 7.27. The van der Waals surface area contributed by atoms with Crippen LogP contribution in [-0.4, -0.2) is 44.9 Å². The Hall–Kier alpha value is -1.22. The molecule has 7 nitrogen and oxygen atoms in total. The van der Waals surface area contributed by atoms with E-state index in [1.165, 1.54) is 6.20 Å². The van der Waals surface area contributed by atoms with Gasteiger partial charge in [-0.1, -0.05) is 0 Å². The van der Waals surface area contributed by atoms with Crippen molar-refractivity contribution in [3.8, 4) is 0 Å². The number of ether oxygens (including phenoxy) is 1. The van der Waals surface area contributed by atoms with Crippen molar-refractivity contribution in [3.63, 3.8) is 0 Å². The molecule has 0 atom stereocenters. The highest BCUT2D eigenvalue weighted by molar-refractivity contribution is 7.89. The maximum atomic E-state index is 11.7. The molecule has 0 radical (unpaired) electrons. The molecule has 18 heavy (non-hydrogen) atoms. The fourth-order valence-corrected chi connectivity index (χ4v) is 2.36. The molecule has 0 aliphatic heterocycles. The molecule has 0 saturated heterocycles. The van der Waals surface area contributed by atoms with Crippen LogP contribution < -0.4 is 10.2 Å². The Morgan fingerprint density at radius 2 is 2.17 bits per heavy atom. The van der Waals surface area contributed by atoms with Gasteiger partial charge in [-0.05, 0) is 6.42 Å². The van der Waals surface area contributed by atoms with Gasteiger partial charge < -0.3 is 14.8 Å². The summed E-state index contributed by atoms with van der Waals surface area (Å²) in [4.78, 5) is 13.6. The third-order valence-corrected chi connectivity index (χ3v) is 3.55. The van der Waals surface area contributed by atoms with Crippen LogP contribution in [0.25, 0.3) is 0 Å². The molecular formula is C10H16N2O5S. The Morgan fingerprint density at radius 1 is 1.39 bits per heavy atom. The molecule has 0 aliphatic rings. The summed E-state index contributed by atoms with van der Waals surface area (Å²) in [5.74, 6) is 0. The summed E-state index contributed by atoms with van der Waals surface area (Å²) >= 11 is 0. The zero-order valence-electron chi connectivity index (χ0n) is 9.76. The molecule has 0 spiro atoms. The molecule has 1 rings (SSSR count). The van der Waals surface area contributed by atoms with Crippen molar-refractivity contribution in [3.05, 3.63) is 28.7 Å². The van der Waals surface area contributed by atoms with Crippen LogP contribution in [0.1, 0.15) is 6.42 Å². The molecule has 0 aromatic carbocycles. The van der Waals surface area contributed by atoms with Gasteiger partial charge in [0.15, 0.2) is 0 Å². The van der Waals surface area contributed by atoms with Gasteiger partial charge in [0.2, 0.25) is 15.5 Å². The smallest absolute Gasteiger partial charge is 0.245 e. The van der Waals surface area contributed by atoms with Crippen LogP contribution in [0, 0.1) is 0 Å². The number of aliphatic hydroxyl groups is 1. The summed E-state index contributed by atoms with van der Waals surface area (Å²) in [6, 6.07) is 1.15. The van der Waals surface area contributed by atoms with Gasteiger partial charge in [0.25, 0.3) is 0 Å². The first-order chi connectivity index (χ1) is 8.58. The highest BCUT2D eigenvalue weighted by atomic mass is 32.2. The Kier molecular flexibility index (Phi) is 5.99. The van der Waals surface area contributed by atoms with Gasteiger partial charge in [0.1, 0.15) is 4.90 Å². The first kappa shape index (κ1) is 14.8. The van der Waals surface area contributed by atoms with E-state index in [2.05, 4.69) is 9.71 Å². The van der Waals surface area contributed by atoms with Gasteiger partial charge in [0, 0.05) is 31.6 Å². The van der Waals surface area contributed by atoms with Crippen LogP contribution in [0.4, 0.5) is 0 Å². The summed E-state index contributed by atoms with van der Waals surface area (Å²) in [7, 11) is -3.78. The van der Waals surface area contributed by atoms with E-state index in [1.54, 1.807) is 0 Å². The number of rotatable bonds is 8. The van der Waals surface area contributed by atoms with E-state index in [0.717, 1.165) is 12.3 Å². The number of H-pyrrole nitrogens is 1. The summed E-state index contributed by atoms with van der Waals surface area (Å²) in [5.41, 5.74) is -0.558. The molecule has 0 bridgehead atoms. The van der Waals surface area contributed by atoms with Crippen molar-refractivity contribution in [1.29, 1.82) is 0 Å². The van der Waals surface area contributed by atoms with Gasteiger partial charge in [-0.3, -0.25) is 4.79 Å². The Labute approximate surface area is 105 Å². The zero-order chi connectivity index (χ0) is 13.4. The summed E-state index contributed by atoms with van der Waals surface area (Å²) in [6.45, 7) is 0.673. The van der Waals surface area contributed by atoms with E-state index in [0.29, 0.717) is 13.0 Å². The number of pyridine rings is 1. The van der Waals surface area contributed by atoms with Gasteiger partial charge in [-0.2, -0.15) is 0 Å². The fourth-order valence-electron chi connectivity index (χ4n) is 1.24. The highest BCUT2D eigenvalue weighted by Gasteiger charge is 2.16. The number of sulfonamides is 1. The second-order valence-corrected chi connectivity index (χ2v) is 5.20. The first-order valence-corrected chi connectivity index (χ1v) is 6.91. The molecule has 0 saturated carbocycles. The lowest BCUT2D eigenvalue weighted by Gasteiger charge is -2.06. The number of hydrogen-bond acceptors (Lipinski definition) is 5. The van der Waals surface area contributed by atoms with Crippen molar-refractivity contribution in [2.24, 2.45) is 0 Å². The van der Waals surface area contributed by atoms with Crippen molar-refractivity contribution >= 4 is 10.0 Å². The monoisotopic (exact) mass is 276 g/mol. The number of aromatic nitrogens is 1. The molecule has 0 aliphatic carbocycles. The molecule has 1 heterocycles. The van der Waals surface area contributed by atoms with E-state index < -0.39 is 15.5 Å². The Bertz CT molecular complexity index is 511.